The molecule has 1 unspecified atom stereocenters. The zero-order valence-corrected chi connectivity index (χ0v) is 22.3. The maximum absolute atomic E-state index is 13.6. The van der Waals surface area contributed by atoms with Crippen LogP contribution in [0.2, 0.25) is 0 Å². The minimum Gasteiger partial charge on any atom is -0.377 e. The predicted octanol–water partition coefficient (Wildman–Crippen LogP) is 4.41. The fourth-order valence-electron chi connectivity index (χ4n) is 4.97. The SMILES string of the molecule is Cc1cc(C)c(CNC(=O)c2cc(C3C=CC=C(CN(C)C)N3)cc3c2c(C)cn3C(C)C)c(=O)[nH]1. The first kappa shape index (κ1) is 25.5. The molecule has 3 aromatic rings. The number of aryl methyl sites for hydroxylation is 3. The summed E-state index contributed by atoms with van der Waals surface area (Å²) in [6, 6.07) is 6.31. The van der Waals surface area contributed by atoms with Gasteiger partial charge in [0.05, 0.1) is 6.04 Å². The van der Waals surface area contributed by atoms with Crippen LogP contribution in [0.1, 0.15) is 64.2 Å². The van der Waals surface area contributed by atoms with E-state index in [4.69, 9.17) is 0 Å². The minimum atomic E-state index is -0.185. The lowest BCUT2D eigenvalue weighted by molar-refractivity contribution is 0.0952. The molecule has 0 spiro atoms. The molecule has 7 heteroatoms. The number of rotatable bonds is 7. The molecule has 0 fully saturated rings. The second kappa shape index (κ2) is 10.2. The lowest BCUT2D eigenvalue weighted by Gasteiger charge is -2.25. The van der Waals surface area contributed by atoms with Crippen LogP contribution in [0.4, 0.5) is 0 Å². The normalized spacial score (nSPS) is 15.5. The highest BCUT2D eigenvalue weighted by Gasteiger charge is 2.22. The van der Waals surface area contributed by atoms with Gasteiger partial charge >= 0.3 is 0 Å². The Labute approximate surface area is 212 Å². The van der Waals surface area contributed by atoms with Gasteiger partial charge in [-0.05, 0) is 89.7 Å². The fraction of sp³-hybridized carbons (Fsp3) is 0.379. The molecule has 190 valence electrons. The third-order valence-electron chi connectivity index (χ3n) is 6.65. The Bertz CT molecular complexity index is 1420. The number of fused-ring (bicyclic) bond motifs is 1. The van der Waals surface area contributed by atoms with Crippen molar-refractivity contribution < 1.29 is 4.79 Å². The van der Waals surface area contributed by atoms with Crippen molar-refractivity contribution in [2.75, 3.05) is 20.6 Å². The molecule has 0 saturated heterocycles. The third kappa shape index (κ3) is 5.16. The lowest BCUT2D eigenvalue weighted by Crippen LogP contribution is -2.30. The summed E-state index contributed by atoms with van der Waals surface area (Å²) in [5.41, 5.74) is 6.96. The van der Waals surface area contributed by atoms with Crippen LogP contribution in [0, 0.1) is 20.8 Å². The average molecular weight is 488 g/mol. The highest BCUT2D eigenvalue weighted by molar-refractivity contribution is 6.08. The van der Waals surface area contributed by atoms with Crippen molar-refractivity contribution in [3.63, 3.8) is 0 Å². The number of allylic oxidation sites excluding steroid dienone is 2. The highest BCUT2D eigenvalue weighted by atomic mass is 16.1. The second-order valence-corrected chi connectivity index (χ2v) is 10.3. The molecule has 1 aliphatic heterocycles. The molecule has 1 atom stereocenters. The first-order valence-corrected chi connectivity index (χ1v) is 12.5. The number of hydrogen-bond donors (Lipinski definition) is 3. The van der Waals surface area contributed by atoms with Crippen LogP contribution in [0.15, 0.2) is 53.1 Å². The number of benzene rings is 1. The molecule has 0 radical (unpaired) electrons. The smallest absolute Gasteiger partial charge is 0.253 e. The van der Waals surface area contributed by atoms with Crippen LogP contribution in [-0.2, 0) is 6.54 Å². The Kier molecular flexibility index (Phi) is 7.22. The van der Waals surface area contributed by atoms with E-state index in [1.165, 1.54) is 0 Å². The van der Waals surface area contributed by atoms with Gasteiger partial charge in [-0.15, -0.1) is 0 Å². The van der Waals surface area contributed by atoms with Gasteiger partial charge in [0.15, 0.2) is 0 Å². The highest BCUT2D eigenvalue weighted by Crippen LogP contribution is 2.32. The number of aromatic amines is 1. The monoisotopic (exact) mass is 487 g/mol. The average Bonchev–Trinajstić information content (AvgIpc) is 3.14. The molecule has 7 nitrogen and oxygen atoms in total. The second-order valence-electron chi connectivity index (χ2n) is 10.3. The number of pyridine rings is 1. The largest absolute Gasteiger partial charge is 0.377 e. The van der Waals surface area contributed by atoms with Crippen LogP contribution in [-0.4, -0.2) is 41.0 Å². The molecule has 1 aliphatic rings. The molecule has 0 aliphatic carbocycles. The molecule has 1 aromatic carbocycles. The van der Waals surface area contributed by atoms with E-state index in [0.717, 1.165) is 45.5 Å². The van der Waals surface area contributed by atoms with Crippen molar-refractivity contribution in [3.05, 3.63) is 92.2 Å². The van der Waals surface area contributed by atoms with Crippen molar-refractivity contribution in [1.29, 1.82) is 0 Å². The van der Waals surface area contributed by atoms with Gasteiger partial charge in [-0.25, -0.2) is 0 Å². The molecule has 3 N–H and O–H groups in total. The number of nitrogens with one attached hydrogen (secondary N) is 3. The number of hydrogen-bond acceptors (Lipinski definition) is 4. The number of likely N-dealkylation sites (N-methyl/N-ethyl adjacent to an activating group) is 1. The summed E-state index contributed by atoms with van der Waals surface area (Å²) >= 11 is 0. The predicted molar refractivity (Wildman–Crippen MR) is 146 cm³/mol. The Morgan fingerprint density at radius 2 is 1.89 bits per heavy atom. The quantitative estimate of drug-likeness (QED) is 0.461. The summed E-state index contributed by atoms with van der Waals surface area (Å²) in [5, 5.41) is 7.57. The van der Waals surface area contributed by atoms with E-state index in [1.54, 1.807) is 0 Å². The molecule has 4 rings (SSSR count). The van der Waals surface area contributed by atoms with Crippen molar-refractivity contribution in [3.8, 4) is 0 Å². The molecule has 1 amide bonds. The van der Waals surface area contributed by atoms with E-state index < -0.39 is 0 Å². The minimum absolute atomic E-state index is 0.0427. The standard InChI is InChI=1S/C29H37N5O2/c1-17(2)34-15-19(4)27-23(28(35)30-14-24-18(3)11-20(5)31-29(24)36)12-21(13-26(27)34)25-10-8-9-22(32-25)16-33(6)7/h8-13,15,17,25,32H,14,16H2,1-7H3,(H,30,35)(H,31,36). The zero-order valence-electron chi connectivity index (χ0n) is 22.3. The number of carbonyl (C=O) groups excluding carboxylic acids is 1. The van der Waals surface area contributed by atoms with E-state index in [2.05, 4.69) is 69.4 Å². The number of nitrogens with zero attached hydrogens (tertiary/aromatic N) is 2. The van der Waals surface area contributed by atoms with Crippen LogP contribution in [0.5, 0.6) is 0 Å². The van der Waals surface area contributed by atoms with Crippen molar-refractivity contribution >= 4 is 16.8 Å². The van der Waals surface area contributed by atoms with Gasteiger partial charge < -0.3 is 25.1 Å². The van der Waals surface area contributed by atoms with Gasteiger partial charge in [0.1, 0.15) is 0 Å². The van der Waals surface area contributed by atoms with E-state index in [0.29, 0.717) is 11.1 Å². The molecule has 2 aromatic heterocycles. The summed E-state index contributed by atoms with van der Waals surface area (Å²) in [5.74, 6) is -0.185. The molecule has 0 saturated carbocycles. The summed E-state index contributed by atoms with van der Waals surface area (Å²) in [6.45, 7) is 11.1. The first-order chi connectivity index (χ1) is 17.0. The maximum Gasteiger partial charge on any atom is 0.253 e. The Morgan fingerprint density at radius 1 is 1.14 bits per heavy atom. The number of aromatic nitrogens is 2. The Morgan fingerprint density at radius 3 is 2.56 bits per heavy atom. The van der Waals surface area contributed by atoms with Gasteiger partial charge in [0, 0.05) is 58.7 Å². The third-order valence-corrected chi connectivity index (χ3v) is 6.65. The van der Waals surface area contributed by atoms with Gasteiger partial charge in [-0.1, -0.05) is 12.2 Å². The summed E-state index contributed by atoms with van der Waals surface area (Å²) in [7, 11) is 4.09. The van der Waals surface area contributed by atoms with Gasteiger partial charge in [-0.2, -0.15) is 0 Å². The van der Waals surface area contributed by atoms with Gasteiger partial charge in [0.25, 0.3) is 11.5 Å². The molecular weight excluding hydrogens is 450 g/mol. The van der Waals surface area contributed by atoms with Gasteiger partial charge in [0.2, 0.25) is 0 Å². The number of amides is 1. The first-order valence-electron chi connectivity index (χ1n) is 12.5. The van der Waals surface area contributed by atoms with Crippen LogP contribution < -0.4 is 16.2 Å². The van der Waals surface area contributed by atoms with Crippen molar-refractivity contribution in [1.82, 2.24) is 25.1 Å². The zero-order chi connectivity index (χ0) is 26.1. The number of dihydropyridines is 1. The van der Waals surface area contributed by atoms with E-state index in [9.17, 15) is 9.59 Å². The van der Waals surface area contributed by atoms with E-state index >= 15 is 0 Å². The van der Waals surface area contributed by atoms with Crippen LogP contribution in [0.25, 0.3) is 10.9 Å². The van der Waals surface area contributed by atoms with Crippen molar-refractivity contribution in [2.24, 2.45) is 0 Å². The lowest BCUT2D eigenvalue weighted by atomic mass is 9.96. The molecule has 0 bridgehead atoms. The van der Waals surface area contributed by atoms with Crippen LogP contribution in [0.3, 0.4) is 0 Å². The number of carbonyl (C=O) groups is 1. The topological polar surface area (TPSA) is 82.2 Å². The van der Waals surface area contributed by atoms with E-state index in [-0.39, 0.29) is 30.1 Å². The molecule has 3 heterocycles. The maximum atomic E-state index is 13.6. The Balaban J connectivity index is 1.74. The molecule has 36 heavy (non-hydrogen) atoms. The summed E-state index contributed by atoms with van der Waals surface area (Å²) in [6.07, 6.45) is 8.40. The summed E-state index contributed by atoms with van der Waals surface area (Å²) in [4.78, 5) is 31.1. The fourth-order valence-corrected chi connectivity index (χ4v) is 4.97. The van der Waals surface area contributed by atoms with E-state index in [1.807, 2.05) is 47.0 Å². The van der Waals surface area contributed by atoms with Crippen LogP contribution >= 0.6 is 0 Å². The molecular formula is C29H37N5O2. The van der Waals surface area contributed by atoms with Gasteiger partial charge in [-0.3, -0.25) is 9.59 Å². The number of H-pyrrole nitrogens is 1. The Hall–Kier alpha value is -3.58. The van der Waals surface area contributed by atoms with Crippen molar-refractivity contribution in [2.45, 2.75) is 53.2 Å². The summed E-state index contributed by atoms with van der Waals surface area (Å²) < 4.78 is 2.23.